The minimum Gasteiger partial charge on any atom is -0.756 e. The number of hydrogen-bond acceptors (Lipinski definition) is 8. The molecule has 0 aliphatic rings. The third-order valence-electron chi connectivity index (χ3n) is 9.81. The molecule has 346 valence electrons. The molecule has 0 saturated carbocycles. The number of allylic oxidation sites excluding steroid dienone is 11. The van der Waals surface area contributed by atoms with Crippen LogP contribution in [-0.4, -0.2) is 70.0 Å². The summed E-state index contributed by atoms with van der Waals surface area (Å²) in [6.07, 6.45) is 52.9. The summed E-state index contributed by atoms with van der Waals surface area (Å²) in [4.78, 5) is 37.4. The lowest BCUT2D eigenvalue weighted by molar-refractivity contribution is -0.870. The van der Waals surface area contributed by atoms with E-state index in [1.54, 1.807) is 12.2 Å². The van der Waals surface area contributed by atoms with Crippen molar-refractivity contribution in [2.75, 3.05) is 47.5 Å². The van der Waals surface area contributed by atoms with Gasteiger partial charge < -0.3 is 27.9 Å². The number of carbonyl (C=O) groups is 2. The molecule has 0 saturated heterocycles. The number of phosphoric acid groups is 1. The molecule has 10 heteroatoms. The number of nitrogens with zero attached hydrogens (tertiary/aromatic N) is 1. The first-order valence-corrected chi connectivity index (χ1v) is 25.1. The van der Waals surface area contributed by atoms with Gasteiger partial charge in [0.05, 0.1) is 27.7 Å². The molecular formula is C50H88NO8P. The van der Waals surface area contributed by atoms with Gasteiger partial charge in [-0.1, -0.05) is 183 Å². The van der Waals surface area contributed by atoms with Gasteiger partial charge in [0, 0.05) is 12.5 Å². The number of likely N-dealkylation sites (N-methyl/N-ethyl adjacent to an activating group) is 1. The lowest BCUT2D eigenvalue weighted by Crippen LogP contribution is -2.37. The lowest BCUT2D eigenvalue weighted by Gasteiger charge is -2.28. The van der Waals surface area contributed by atoms with Gasteiger partial charge >= 0.3 is 11.9 Å². The number of unbranched alkanes of at least 4 members (excludes halogenated alkanes) is 19. The molecule has 0 heterocycles. The van der Waals surface area contributed by atoms with Gasteiger partial charge in [-0.3, -0.25) is 9.36 Å². The van der Waals surface area contributed by atoms with Crippen LogP contribution < -0.4 is 4.89 Å². The van der Waals surface area contributed by atoms with Gasteiger partial charge in [0.1, 0.15) is 19.8 Å². The zero-order valence-corrected chi connectivity index (χ0v) is 39.8. The van der Waals surface area contributed by atoms with Crippen molar-refractivity contribution in [1.29, 1.82) is 0 Å². The number of quaternary nitrogens is 1. The monoisotopic (exact) mass is 862 g/mol. The molecule has 0 spiro atoms. The van der Waals surface area contributed by atoms with Crippen LogP contribution in [0.15, 0.2) is 72.9 Å². The molecule has 0 rings (SSSR count). The van der Waals surface area contributed by atoms with Crippen LogP contribution >= 0.6 is 7.82 Å². The first-order valence-electron chi connectivity index (χ1n) is 23.7. The number of hydrogen-bond donors (Lipinski definition) is 0. The van der Waals surface area contributed by atoms with Crippen LogP contribution in [0, 0.1) is 0 Å². The van der Waals surface area contributed by atoms with Gasteiger partial charge in [0.15, 0.2) is 6.10 Å². The molecule has 2 atom stereocenters. The van der Waals surface area contributed by atoms with E-state index in [0.717, 1.165) is 38.5 Å². The Morgan fingerprint density at radius 3 is 1.52 bits per heavy atom. The molecule has 9 nitrogen and oxygen atoms in total. The third kappa shape index (κ3) is 45.0. The van der Waals surface area contributed by atoms with Gasteiger partial charge in [-0.05, 0) is 57.8 Å². The number of carbonyl (C=O) groups excluding carboxylic acids is 2. The smallest absolute Gasteiger partial charge is 0.331 e. The van der Waals surface area contributed by atoms with E-state index in [2.05, 4.69) is 56.4 Å². The predicted molar refractivity (Wildman–Crippen MR) is 249 cm³/mol. The van der Waals surface area contributed by atoms with Crippen molar-refractivity contribution < 1.29 is 42.1 Å². The highest BCUT2D eigenvalue weighted by molar-refractivity contribution is 7.45. The fourth-order valence-electron chi connectivity index (χ4n) is 6.08. The molecule has 0 N–H and O–H groups in total. The van der Waals surface area contributed by atoms with Crippen LogP contribution in [0.1, 0.15) is 181 Å². The lowest BCUT2D eigenvalue weighted by atomic mass is 10.1. The van der Waals surface area contributed by atoms with E-state index in [-0.39, 0.29) is 19.6 Å². The Morgan fingerprint density at radius 1 is 0.567 bits per heavy atom. The molecule has 0 fully saturated rings. The van der Waals surface area contributed by atoms with E-state index in [1.165, 1.54) is 122 Å². The van der Waals surface area contributed by atoms with Crippen LogP contribution in [0.4, 0.5) is 0 Å². The molecule has 0 bridgehead atoms. The van der Waals surface area contributed by atoms with Crippen molar-refractivity contribution in [3.05, 3.63) is 72.9 Å². The fourth-order valence-corrected chi connectivity index (χ4v) is 6.81. The van der Waals surface area contributed by atoms with Crippen LogP contribution in [0.5, 0.6) is 0 Å². The largest absolute Gasteiger partial charge is 0.756 e. The normalized spacial score (nSPS) is 14.2. The number of ether oxygens (including phenoxy) is 2. The molecule has 60 heavy (non-hydrogen) atoms. The van der Waals surface area contributed by atoms with Gasteiger partial charge in [-0.15, -0.1) is 0 Å². The summed E-state index contributed by atoms with van der Waals surface area (Å²) in [5, 5.41) is 0. The second kappa shape index (κ2) is 41.8. The summed E-state index contributed by atoms with van der Waals surface area (Å²) in [5.41, 5.74) is 0. The van der Waals surface area contributed by atoms with E-state index in [4.69, 9.17) is 18.5 Å². The Morgan fingerprint density at radius 2 is 1.02 bits per heavy atom. The summed E-state index contributed by atoms with van der Waals surface area (Å²) >= 11 is 0. The minimum absolute atomic E-state index is 0.0580. The van der Waals surface area contributed by atoms with Gasteiger partial charge in [0.2, 0.25) is 0 Å². The second-order valence-corrected chi connectivity index (χ2v) is 18.2. The molecule has 0 radical (unpaired) electrons. The average molecular weight is 862 g/mol. The maximum Gasteiger partial charge on any atom is 0.331 e. The maximum absolute atomic E-state index is 12.6. The highest BCUT2D eigenvalue weighted by Crippen LogP contribution is 2.38. The number of esters is 2. The van der Waals surface area contributed by atoms with Crippen molar-refractivity contribution in [3.63, 3.8) is 0 Å². The Balaban J connectivity index is 4.50. The summed E-state index contributed by atoms with van der Waals surface area (Å²) < 4.78 is 33.7. The van der Waals surface area contributed by atoms with E-state index < -0.39 is 32.5 Å². The van der Waals surface area contributed by atoms with Crippen molar-refractivity contribution >= 4 is 19.8 Å². The summed E-state index contributed by atoms with van der Waals surface area (Å²) in [6, 6.07) is 0. The van der Waals surface area contributed by atoms with Crippen molar-refractivity contribution in [3.8, 4) is 0 Å². The molecule has 0 amide bonds. The molecule has 0 aliphatic carbocycles. The van der Waals surface area contributed by atoms with E-state index in [1.807, 2.05) is 33.3 Å². The second-order valence-electron chi connectivity index (χ2n) is 16.8. The van der Waals surface area contributed by atoms with Crippen molar-refractivity contribution in [2.45, 2.75) is 187 Å². The van der Waals surface area contributed by atoms with Gasteiger partial charge in [0.25, 0.3) is 7.82 Å². The van der Waals surface area contributed by atoms with E-state index in [0.29, 0.717) is 17.4 Å². The minimum atomic E-state index is -4.67. The molecule has 0 aromatic rings. The topological polar surface area (TPSA) is 111 Å². The first kappa shape index (κ1) is 57.4. The molecule has 0 aromatic heterocycles. The van der Waals surface area contributed by atoms with E-state index in [9.17, 15) is 19.0 Å². The Bertz CT molecular complexity index is 1250. The standard InChI is InChI=1S/C50H88NO8P/c1-6-8-10-12-14-16-18-20-22-23-24-25-26-27-29-30-32-34-36-38-40-42-49(52)56-46-48(47-58-60(54,55)57-45-44-51(3,4)5)59-50(53)43-41-39-37-35-33-31-28-21-19-17-15-13-11-9-7-2/h22-23,25-26,29-30,34,36-37,39,41,43,48H,6-21,24,27-28,31-33,35,38,40,42,44-47H2,1-5H3/b23-22+,26-25+,30-29+,36-34+,39-37+,43-41+/t48-/m0/s1. The zero-order valence-electron chi connectivity index (χ0n) is 38.9. The highest BCUT2D eigenvalue weighted by atomic mass is 31.2. The molecular weight excluding hydrogens is 774 g/mol. The van der Waals surface area contributed by atoms with Crippen LogP contribution in [0.25, 0.3) is 0 Å². The van der Waals surface area contributed by atoms with Crippen molar-refractivity contribution in [1.82, 2.24) is 0 Å². The molecule has 1 unspecified atom stereocenters. The molecule has 0 aliphatic heterocycles. The van der Waals surface area contributed by atoms with Crippen LogP contribution in [0.2, 0.25) is 0 Å². The summed E-state index contributed by atoms with van der Waals surface area (Å²) in [6.45, 7) is 4.03. The first-order chi connectivity index (χ1) is 29.0. The summed E-state index contributed by atoms with van der Waals surface area (Å²) in [7, 11) is 1.08. The quantitative estimate of drug-likeness (QED) is 0.0113. The van der Waals surface area contributed by atoms with Crippen LogP contribution in [-0.2, 0) is 32.7 Å². The Kier molecular flexibility index (Phi) is 40.0. The fraction of sp³-hybridized carbons (Fsp3) is 0.720. The maximum atomic E-state index is 12.6. The van der Waals surface area contributed by atoms with Gasteiger partial charge in [-0.25, -0.2) is 4.79 Å². The summed E-state index contributed by atoms with van der Waals surface area (Å²) in [5.74, 6) is -1.16. The van der Waals surface area contributed by atoms with Crippen LogP contribution in [0.3, 0.4) is 0 Å². The van der Waals surface area contributed by atoms with Crippen molar-refractivity contribution in [2.24, 2.45) is 0 Å². The third-order valence-corrected chi connectivity index (χ3v) is 10.8. The highest BCUT2D eigenvalue weighted by Gasteiger charge is 2.21. The van der Waals surface area contributed by atoms with Gasteiger partial charge in [-0.2, -0.15) is 0 Å². The average Bonchev–Trinajstić information content (AvgIpc) is 3.20. The number of phosphoric ester groups is 1. The molecule has 0 aromatic carbocycles. The van der Waals surface area contributed by atoms with E-state index >= 15 is 0 Å². The Labute approximate surface area is 368 Å². The SMILES string of the molecule is CCCCCCCCC/C=C/C/C=C/C/C=C/C/C=C/CCCC(=O)OC[C@@H](COP(=O)([O-])OCC[N+](C)(C)C)OC(=O)/C=C/C=C/CCCCCCCCCCCCC. The predicted octanol–water partition coefficient (Wildman–Crippen LogP) is 13.2. The zero-order chi connectivity index (χ0) is 44.3. The number of rotatable bonds is 42. The Hall–Kier alpha value is -2.55.